The fourth-order valence-corrected chi connectivity index (χ4v) is 6.14. The lowest BCUT2D eigenvalue weighted by Gasteiger charge is -2.31. The minimum absolute atomic E-state index is 0.00513. The van der Waals surface area contributed by atoms with Gasteiger partial charge in [0.1, 0.15) is 5.75 Å². The molecular weight excluding hydrogens is 462 g/mol. The number of rotatable bonds is 8. The maximum Gasteiger partial charge on any atom is 0.335 e. The van der Waals surface area contributed by atoms with Gasteiger partial charge in [-0.3, -0.25) is 4.72 Å². The maximum atomic E-state index is 12.9. The van der Waals surface area contributed by atoms with E-state index in [-0.39, 0.29) is 21.2 Å². The SMILES string of the molecule is COc1cc(C(=O)O)ccc1NS(=O)(=O)c1cnc(N2CCC(Cc3ccccc3)CC2)s1. The number of hydrogen-bond donors (Lipinski definition) is 2. The molecule has 0 amide bonds. The standard InChI is InChI=1S/C23H25N3O5S2/c1-31-20-14-18(22(27)28)7-8-19(20)25-33(29,30)21-15-24-23(32-21)26-11-9-17(10-12-26)13-16-5-3-2-4-6-16/h2-8,14-15,17,25H,9-13H2,1H3,(H,27,28). The summed E-state index contributed by atoms with van der Waals surface area (Å²) in [5.74, 6) is -0.388. The van der Waals surface area contributed by atoms with Crippen molar-refractivity contribution in [2.45, 2.75) is 23.5 Å². The molecule has 1 fully saturated rings. The Kier molecular flexibility index (Phi) is 6.85. The monoisotopic (exact) mass is 487 g/mol. The van der Waals surface area contributed by atoms with Crippen LogP contribution in [0.4, 0.5) is 10.8 Å². The highest BCUT2D eigenvalue weighted by Gasteiger charge is 2.25. The third kappa shape index (κ3) is 5.45. The highest BCUT2D eigenvalue weighted by Crippen LogP contribution is 2.33. The predicted molar refractivity (Wildman–Crippen MR) is 128 cm³/mol. The van der Waals surface area contributed by atoms with Gasteiger partial charge in [-0.05, 0) is 48.9 Å². The van der Waals surface area contributed by atoms with Crippen LogP contribution < -0.4 is 14.4 Å². The second kappa shape index (κ2) is 9.80. The number of carbonyl (C=O) groups is 1. The van der Waals surface area contributed by atoms with Crippen LogP contribution in [0.3, 0.4) is 0 Å². The number of aromatic carboxylic acids is 1. The summed E-state index contributed by atoms with van der Waals surface area (Å²) in [6.07, 6.45) is 4.47. The van der Waals surface area contributed by atoms with Crippen molar-refractivity contribution in [1.29, 1.82) is 0 Å². The van der Waals surface area contributed by atoms with Crippen LogP contribution in [0.5, 0.6) is 5.75 Å². The van der Waals surface area contributed by atoms with Gasteiger partial charge in [-0.25, -0.2) is 18.2 Å². The average Bonchev–Trinajstić information content (AvgIpc) is 3.32. The van der Waals surface area contributed by atoms with E-state index >= 15 is 0 Å². The normalized spacial score (nSPS) is 14.8. The molecule has 1 aliphatic heterocycles. The highest BCUT2D eigenvalue weighted by molar-refractivity contribution is 7.94. The third-order valence-electron chi connectivity index (χ3n) is 5.68. The van der Waals surface area contributed by atoms with Gasteiger partial charge in [-0.15, -0.1) is 0 Å². The summed E-state index contributed by atoms with van der Waals surface area (Å²) in [7, 11) is -2.54. The molecule has 33 heavy (non-hydrogen) atoms. The number of carboxylic acid groups (broad SMARTS) is 1. The molecule has 0 spiro atoms. The zero-order chi connectivity index (χ0) is 23.4. The molecule has 2 N–H and O–H groups in total. The predicted octanol–water partition coefficient (Wildman–Crippen LogP) is 4.11. The second-order valence-electron chi connectivity index (χ2n) is 7.91. The van der Waals surface area contributed by atoms with Crippen molar-refractivity contribution in [1.82, 2.24) is 4.98 Å². The van der Waals surface area contributed by atoms with Crippen LogP contribution in [0.15, 0.2) is 58.9 Å². The van der Waals surface area contributed by atoms with E-state index in [0.29, 0.717) is 11.0 Å². The molecule has 0 radical (unpaired) electrons. The Hall–Kier alpha value is -3.11. The van der Waals surface area contributed by atoms with E-state index in [1.807, 2.05) is 6.07 Å². The number of nitrogens with zero attached hydrogens (tertiary/aromatic N) is 2. The summed E-state index contributed by atoms with van der Waals surface area (Å²) < 4.78 is 33.5. The Morgan fingerprint density at radius 2 is 1.94 bits per heavy atom. The lowest BCUT2D eigenvalue weighted by molar-refractivity contribution is 0.0696. The molecule has 8 nitrogen and oxygen atoms in total. The molecule has 2 aromatic carbocycles. The first-order valence-electron chi connectivity index (χ1n) is 10.5. The number of anilines is 2. The van der Waals surface area contributed by atoms with Crippen LogP contribution in [-0.2, 0) is 16.4 Å². The number of carboxylic acids is 1. The van der Waals surface area contributed by atoms with Crippen LogP contribution in [0, 0.1) is 5.92 Å². The van der Waals surface area contributed by atoms with E-state index < -0.39 is 16.0 Å². The van der Waals surface area contributed by atoms with E-state index in [9.17, 15) is 13.2 Å². The Balaban J connectivity index is 1.41. The Morgan fingerprint density at radius 1 is 1.21 bits per heavy atom. The molecule has 3 aromatic rings. The number of thiazole rings is 1. The first-order valence-corrected chi connectivity index (χ1v) is 12.8. The van der Waals surface area contributed by atoms with Crippen molar-refractivity contribution in [3.8, 4) is 5.75 Å². The number of hydrogen-bond acceptors (Lipinski definition) is 7. The van der Waals surface area contributed by atoms with E-state index in [2.05, 4.69) is 38.9 Å². The summed E-state index contributed by atoms with van der Waals surface area (Å²) in [6, 6.07) is 14.4. The molecule has 0 unspecified atom stereocenters. The minimum atomic E-state index is -3.90. The highest BCUT2D eigenvalue weighted by atomic mass is 32.2. The molecule has 10 heteroatoms. The first kappa shape index (κ1) is 23.1. The largest absolute Gasteiger partial charge is 0.495 e. The van der Waals surface area contributed by atoms with Crippen molar-refractivity contribution >= 4 is 38.1 Å². The molecule has 4 rings (SSSR count). The molecular formula is C23H25N3O5S2. The van der Waals surface area contributed by atoms with Gasteiger partial charge in [0, 0.05) is 13.1 Å². The average molecular weight is 488 g/mol. The van der Waals surface area contributed by atoms with Gasteiger partial charge in [0.15, 0.2) is 9.34 Å². The van der Waals surface area contributed by atoms with Crippen molar-refractivity contribution in [3.05, 3.63) is 65.9 Å². The van der Waals surface area contributed by atoms with Crippen molar-refractivity contribution in [2.75, 3.05) is 29.8 Å². The van der Waals surface area contributed by atoms with Crippen LogP contribution in [0.1, 0.15) is 28.8 Å². The molecule has 1 aliphatic rings. The van der Waals surface area contributed by atoms with Gasteiger partial charge < -0.3 is 14.7 Å². The number of sulfonamides is 1. The minimum Gasteiger partial charge on any atom is -0.495 e. The van der Waals surface area contributed by atoms with Crippen LogP contribution in [0.2, 0.25) is 0 Å². The summed E-state index contributed by atoms with van der Waals surface area (Å²) in [4.78, 5) is 17.6. The lowest BCUT2D eigenvalue weighted by Crippen LogP contribution is -2.34. The van der Waals surface area contributed by atoms with Crippen LogP contribution >= 0.6 is 11.3 Å². The zero-order valence-electron chi connectivity index (χ0n) is 18.1. The Morgan fingerprint density at radius 3 is 2.61 bits per heavy atom. The maximum absolute atomic E-state index is 12.9. The van der Waals surface area contributed by atoms with Gasteiger partial charge in [0.2, 0.25) is 0 Å². The summed E-state index contributed by atoms with van der Waals surface area (Å²) in [6.45, 7) is 1.67. The number of piperidine rings is 1. The number of aromatic nitrogens is 1. The van der Waals surface area contributed by atoms with Crippen molar-refractivity contribution in [3.63, 3.8) is 0 Å². The van der Waals surface area contributed by atoms with Gasteiger partial charge >= 0.3 is 5.97 Å². The summed E-state index contributed by atoms with van der Waals surface area (Å²) in [5, 5.41) is 9.80. The van der Waals surface area contributed by atoms with E-state index in [1.54, 1.807) is 0 Å². The van der Waals surface area contributed by atoms with Gasteiger partial charge in [0.25, 0.3) is 10.0 Å². The van der Waals surface area contributed by atoms with Gasteiger partial charge in [-0.2, -0.15) is 0 Å². The molecule has 0 saturated carbocycles. The topological polar surface area (TPSA) is 109 Å². The Labute approximate surface area is 196 Å². The molecule has 2 heterocycles. The van der Waals surface area contributed by atoms with Gasteiger partial charge in [-0.1, -0.05) is 41.7 Å². The molecule has 0 aliphatic carbocycles. The van der Waals surface area contributed by atoms with Crippen molar-refractivity contribution < 1.29 is 23.1 Å². The number of methoxy groups -OCH3 is 1. The van der Waals surface area contributed by atoms with Crippen molar-refractivity contribution in [2.24, 2.45) is 5.92 Å². The van der Waals surface area contributed by atoms with E-state index in [0.717, 1.165) is 43.7 Å². The fourth-order valence-electron chi connectivity index (χ4n) is 3.90. The summed E-state index contributed by atoms with van der Waals surface area (Å²) >= 11 is 1.12. The number of nitrogens with one attached hydrogen (secondary N) is 1. The quantitative estimate of drug-likeness (QED) is 0.492. The van der Waals surface area contributed by atoms with E-state index in [4.69, 9.17) is 9.84 Å². The number of benzene rings is 2. The molecule has 0 atom stereocenters. The number of ether oxygens (including phenoxy) is 1. The van der Waals surface area contributed by atoms with Crippen LogP contribution in [-0.4, -0.2) is 44.7 Å². The fraction of sp³-hybridized carbons (Fsp3) is 0.304. The smallest absolute Gasteiger partial charge is 0.335 e. The van der Waals surface area contributed by atoms with Crippen LogP contribution in [0.25, 0.3) is 0 Å². The molecule has 174 valence electrons. The second-order valence-corrected chi connectivity index (χ2v) is 10.8. The molecule has 1 saturated heterocycles. The first-order chi connectivity index (χ1) is 15.9. The summed E-state index contributed by atoms with van der Waals surface area (Å²) in [5.41, 5.74) is 1.51. The molecule has 1 aromatic heterocycles. The van der Waals surface area contributed by atoms with Gasteiger partial charge in [0.05, 0.1) is 24.6 Å². The van der Waals surface area contributed by atoms with E-state index in [1.165, 1.54) is 37.1 Å². The third-order valence-corrected chi connectivity index (χ3v) is 8.57. The lowest BCUT2D eigenvalue weighted by atomic mass is 9.90. The zero-order valence-corrected chi connectivity index (χ0v) is 19.7. The molecule has 0 bridgehead atoms. The Bertz CT molecular complexity index is 1220.